The van der Waals surface area contributed by atoms with E-state index in [2.05, 4.69) is 5.32 Å². The molecule has 38 heavy (non-hydrogen) atoms. The summed E-state index contributed by atoms with van der Waals surface area (Å²) in [4.78, 5) is 33.3. The number of amides is 1. The Bertz CT molecular complexity index is 1330. The van der Waals surface area contributed by atoms with Crippen LogP contribution in [0.4, 0.5) is 0 Å². The number of hydrogen-bond acceptors (Lipinski definition) is 6. The van der Waals surface area contributed by atoms with E-state index >= 15 is 0 Å². The van der Waals surface area contributed by atoms with Crippen LogP contribution in [0.3, 0.4) is 0 Å². The van der Waals surface area contributed by atoms with Crippen molar-refractivity contribution in [2.45, 2.75) is 56.1 Å². The molecule has 2 saturated heterocycles. The zero-order chi connectivity index (χ0) is 26.5. The Morgan fingerprint density at radius 1 is 1.16 bits per heavy atom. The van der Waals surface area contributed by atoms with Gasteiger partial charge >= 0.3 is 0 Å². The maximum atomic E-state index is 13.4. The third-order valence-corrected chi connectivity index (χ3v) is 9.06. The minimum Gasteiger partial charge on any atom is -0.341 e. The molecule has 3 N–H and O–H groups in total. The lowest BCUT2D eigenvalue weighted by Gasteiger charge is -2.46. The second-order valence-electron chi connectivity index (χ2n) is 10.6. The molecule has 2 aliphatic heterocycles. The van der Waals surface area contributed by atoms with Crippen LogP contribution in [0.5, 0.6) is 0 Å². The van der Waals surface area contributed by atoms with Crippen molar-refractivity contribution in [3.05, 3.63) is 63.9 Å². The molecule has 3 heterocycles. The molecule has 2 fully saturated rings. The van der Waals surface area contributed by atoms with E-state index in [1.165, 1.54) is 19.3 Å². The summed E-state index contributed by atoms with van der Waals surface area (Å²) in [6.07, 6.45) is 7.01. The van der Waals surface area contributed by atoms with Crippen molar-refractivity contribution in [3.63, 3.8) is 0 Å². The molecule has 1 spiro atoms. The van der Waals surface area contributed by atoms with Gasteiger partial charge in [0.2, 0.25) is 5.91 Å². The summed E-state index contributed by atoms with van der Waals surface area (Å²) in [5, 5.41) is 5.30. The topological polar surface area (TPSA) is 93.2 Å². The molecule has 5 rings (SSSR count). The van der Waals surface area contributed by atoms with Crippen LogP contribution in [-0.4, -0.2) is 58.3 Å². The number of halogens is 1. The lowest BCUT2D eigenvalue weighted by molar-refractivity contribution is -0.136. The number of carbonyl (C=O) groups is 1. The Hall–Kier alpha value is -2.39. The molecule has 0 radical (unpaired) electrons. The fourth-order valence-corrected chi connectivity index (χ4v) is 7.01. The summed E-state index contributed by atoms with van der Waals surface area (Å²) in [6.45, 7) is 3.74. The van der Waals surface area contributed by atoms with Crippen molar-refractivity contribution >= 4 is 40.2 Å². The molecule has 2 aromatic carbocycles. The molecule has 202 valence electrons. The van der Waals surface area contributed by atoms with Gasteiger partial charge in [-0.25, -0.2) is 4.98 Å². The zero-order valence-electron chi connectivity index (χ0n) is 21.7. The quantitative estimate of drug-likeness (QED) is 0.240. The standard InChI is InChI=1S/C29H36ClN5O2S/c30-21-8-5-9-22(18-21)35-26(36)23-10-1-2-12-25(23)33-28(35)38-17-4-3-11-24(31)27(37)34-16-7-14-29(20-34)13-6-15-32-19-29/h1-2,5,8-10,12,18,24,32H,3-4,6-7,11,13-17,19-20,31H2. The number of aromatic nitrogens is 2. The molecular formula is C29H36ClN5O2S. The highest BCUT2D eigenvalue weighted by atomic mass is 35.5. The van der Waals surface area contributed by atoms with Gasteiger partial charge in [-0.15, -0.1) is 0 Å². The number of nitrogens with zero attached hydrogens (tertiary/aromatic N) is 3. The van der Waals surface area contributed by atoms with Gasteiger partial charge in [0, 0.05) is 35.8 Å². The van der Waals surface area contributed by atoms with E-state index in [1.807, 2.05) is 35.2 Å². The van der Waals surface area contributed by atoms with Crippen LogP contribution in [0.2, 0.25) is 5.02 Å². The van der Waals surface area contributed by atoms with E-state index < -0.39 is 6.04 Å². The molecule has 2 atom stereocenters. The third-order valence-electron chi connectivity index (χ3n) is 7.80. The maximum Gasteiger partial charge on any atom is 0.266 e. The van der Waals surface area contributed by atoms with Gasteiger partial charge in [0.1, 0.15) is 0 Å². The molecule has 9 heteroatoms. The highest BCUT2D eigenvalue weighted by molar-refractivity contribution is 7.99. The number of thioether (sulfide) groups is 1. The Labute approximate surface area is 233 Å². The summed E-state index contributed by atoms with van der Waals surface area (Å²) in [6, 6.07) is 14.2. The van der Waals surface area contributed by atoms with Gasteiger partial charge in [-0.1, -0.05) is 48.0 Å². The predicted molar refractivity (Wildman–Crippen MR) is 155 cm³/mol. The van der Waals surface area contributed by atoms with E-state index in [9.17, 15) is 9.59 Å². The van der Waals surface area contributed by atoms with Crippen LogP contribution >= 0.6 is 23.4 Å². The number of rotatable bonds is 8. The molecule has 1 aromatic heterocycles. The SMILES string of the molecule is NC(CCCCSc1nc2ccccc2c(=O)n1-c1cccc(Cl)c1)C(=O)N1CCCC2(CCCNC2)C1. The van der Waals surface area contributed by atoms with Crippen LogP contribution < -0.4 is 16.6 Å². The smallest absolute Gasteiger partial charge is 0.266 e. The van der Waals surface area contributed by atoms with Crippen LogP contribution in [0, 0.1) is 5.41 Å². The number of piperidine rings is 2. The largest absolute Gasteiger partial charge is 0.341 e. The van der Waals surface area contributed by atoms with Crippen molar-refractivity contribution in [2.75, 3.05) is 31.9 Å². The second-order valence-corrected chi connectivity index (χ2v) is 12.1. The lowest BCUT2D eigenvalue weighted by atomic mass is 9.74. The molecule has 0 bridgehead atoms. The molecule has 7 nitrogen and oxygen atoms in total. The summed E-state index contributed by atoms with van der Waals surface area (Å²) in [5.74, 6) is 0.860. The summed E-state index contributed by atoms with van der Waals surface area (Å²) < 4.78 is 1.64. The fourth-order valence-electron chi connectivity index (χ4n) is 5.81. The zero-order valence-corrected chi connectivity index (χ0v) is 23.3. The number of likely N-dealkylation sites (tertiary alicyclic amines) is 1. The number of nitrogens with two attached hydrogens (primary N) is 1. The molecule has 1 amide bonds. The van der Waals surface area contributed by atoms with Crippen molar-refractivity contribution in [2.24, 2.45) is 11.1 Å². The molecule has 0 saturated carbocycles. The summed E-state index contributed by atoms with van der Waals surface area (Å²) in [7, 11) is 0. The molecule has 2 unspecified atom stereocenters. The average molecular weight is 554 g/mol. The first kappa shape index (κ1) is 27.2. The first-order chi connectivity index (χ1) is 18.5. The number of fused-ring (bicyclic) bond motifs is 1. The van der Waals surface area contributed by atoms with Gasteiger partial charge in [-0.2, -0.15) is 0 Å². The first-order valence-electron chi connectivity index (χ1n) is 13.6. The Morgan fingerprint density at radius 2 is 2.00 bits per heavy atom. The number of nitrogens with one attached hydrogen (secondary N) is 1. The number of benzene rings is 2. The van der Waals surface area contributed by atoms with E-state index in [0.29, 0.717) is 33.2 Å². The van der Waals surface area contributed by atoms with Crippen LogP contribution in [0.25, 0.3) is 16.6 Å². The van der Waals surface area contributed by atoms with Gasteiger partial charge in [-0.05, 0) is 75.4 Å². The van der Waals surface area contributed by atoms with Gasteiger partial charge in [0.25, 0.3) is 5.56 Å². The predicted octanol–water partition coefficient (Wildman–Crippen LogP) is 4.62. The van der Waals surface area contributed by atoms with E-state index in [-0.39, 0.29) is 16.9 Å². The van der Waals surface area contributed by atoms with Crippen molar-refractivity contribution in [1.82, 2.24) is 19.8 Å². The minimum absolute atomic E-state index is 0.0910. The number of carbonyl (C=O) groups excluding carboxylic acids is 1. The van der Waals surface area contributed by atoms with E-state index in [4.69, 9.17) is 22.3 Å². The van der Waals surface area contributed by atoms with E-state index in [0.717, 1.165) is 51.2 Å². The fraction of sp³-hybridized carbons (Fsp3) is 0.483. The van der Waals surface area contributed by atoms with Crippen molar-refractivity contribution in [3.8, 4) is 5.69 Å². The molecule has 0 aliphatic carbocycles. The molecule has 2 aliphatic rings. The van der Waals surface area contributed by atoms with Gasteiger partial charge in [0.15, 0.2) is 5.16 Å². The first-order valence-corrected chi connectivity index (χ1v) is 15.0. The van der Waals surface area contributed by atoms with Crippen molar-refractivity contribution < 1.29 is 4.79 Å². The minimum atomic E-state index is -0.463. The van der Waals surface area contributed by atoms with Crippen LogP contribution in [0.1, 0.15) is 44.9 Å². The summed E-state index contributed by atoms with van der Waals surface area (Å²) >= 11 is 7.77. The van der Waals surface area contributed by atoms with Crippen LogP contribution in [0.15, 0.2) is 58.5 Å². The molecular weight excluding hydrogens is 518 g/mol. The third kappa shape index (κ3) is 6.09. The average Bonchev–Trinajstić information content (AvgIpc) is 2.93. The highest BCUT2D eigenvalue weighted by Gasteiger charge is 2.38. The number of para-hydroxylation sites is 1. The molecule has 3 aromatic rings. The normalized spacial score (nSPS) is 20.6. The van der Waals surface area contributed by atoms with Crippen LogP contribution in [-0.2, 0) is 4.79 Å². The number of hydrogen-bond donors (Lipinski definition) is 2. The monoisotopic (exact) mass is 553 g/mol. The van der Waals surface area contributed by atoms with Gasteiger partial charge in [-0.3, -0.25) is 14.2 Å². The maximum absolute atomic E-state index is 13.4. The van der Waals surface area contributed by atoms with Crippen molar-refractivity contribution in [1.29, 1.82) is 0 Å². The number of unbranched alkanes of at least 4 members (excludes halogenated alkanes) is 1. The lowest BCUT2D eigenvalue weighted by Crippen LogP contribution is -2.55. The Kier molecular flexibility index (Phi) is 8.73. The summed E-state index contributed by atoms with van der Waals surface area (Å²) in [5.41, 5.74) is 7.87. The second kappa shape index (κ2) is 12.2. The Balaban J connectivity index is 1.19. The van der Waals surface area contributed by atoms with E-state index in [1.54, 1.807) is 34.5 Å². The Morgan fingerprint density at radius 3 is 2.82 bits per heavy atom. The highest BCUT2D eigenvalue weighted by Crippen LogP contribution is 2.36. The van der Waals surface area contributed by atoms with Gasteiger partial charge in [0.05, 0.1) is 22.6 Å². The van der Waals surface area contributed by atoms with Gasteiger partial charge < -0.3 is 16.0 Å².